The molecule has 0 aromatic heterocycles. The molecule has 0 bridgehead atoms. The number of ether oxygens (including phenoxy) is 1. The monoisotopic (exact) mass is 348 g/mol. The quantitative estimate of drug-likeness (QED) is 0.801. The van der Waals surface area contributed by atoms with Crippen LogP contribution >= 0.6 is 0 Å². The number of rotatable bonds is 5. The molecule has 2 rings (SSSR count). The van der Waals surface area contributed by atoms with E-state index in [2.05, 4.69) is 32.2 Å². The van der Waals surface area contributed by atoms with E-state index in [9.17, 15) is 14.7 Å². The minimum Gasteiger partial charge on any atom is -0.491 e. The Morgan fingerprint density at radius 2 is 1.92 bits per heavy atom. The van der Waals surface area contributed by atoms with Crippen molar-refractivity contribution in [3.63, 3.8) is 0 Å². The van der Waals surface area contributed by atoms with Crippen molar-refractivity contribution in [1.29, 1.82) is 0 Å². The lowest BCUT2D eigenvalue weighted by atomic mass is 9.86. The van der Waals surface area contributed by atoms with Gasteiger partial charge in [-0.3, -0.25) is 9.69 Å². The summed E-state index contributed by atoms with van der Waals surface area (Å²) in [5.74, 6) is 0.340. The number of amides is 3. The molecule has 25 heavy (non-hydrogen) atoms. The van der Waals surface area contributed by atoms with Crippen LogP contribution in [0.4, 0.5) is 4.79 Å². The van der Waals surface area contributed by atoms with E-state index in [0.717, 1.165) is 10.5 Å². The molecule has 0 spiro atoms. The second-order valence-electron chi connectivity index (χ2n) is 8.17. The summed E-state index contributed by atoms with van der Waals surface area (Å²) in [7, 11) is 0. The number of hydrogen-bond donors (Lipinski definition) is 2. The van der Waals surface area contributed by atoms with Crippen molar-refractivity contribution < 1.29 is 19.4 Å². The van der Waals surface area contributed by atoms with E-state index in [1.54, 1.807) is 13.8 Å². The molecule has 6 heteroatoms. The number of carbonyl (C=O) groups is 2. The molecule has 1 atom stereocenters. The van der Waals surface area contributed by atoms with Crippen LogP contribution in [0.25, 0.3) is 0 Å². The van der Waals surface area contributed by atoms with Crippen LogP contribution in [-0.4, -0.2) is 46.7 Å². The zero-order valence-electron chi connectivity index (χ0n) is 15.8. The van der Waals surface area contributed by atoms with E-state index in [1.807, 2.05) is 19.1 Å². The van der Waals surface area contributed by atoms with Crippen molar-refractivity contribution in [2.24, 2.45) is 0 Å². The third-order valence-electron chi connectivity index (χ3n) is 4.31. The third kappa shape index (κ3) is 4.31. The highest BCUT2D eigenvalue weighted by molar-refractivity contribution is 6.06. The molecule has 0 aliphatic carbocycles. The summed E-state index contributed by atoms with van der Waals surface area (Å²) < 4.78 is 5.68. The number of aryl methyl sites for hydroxylation is 1. The van der Waals surface area contributed by atoms with Gasteiger partial charge < -0.3 is 15.2 Å². The number of β-amino-alcohol motifs (C(OH)–C–C–N with tert-alkyl or cyclic N) is 1. The molecule has 0 radical (unpaired) electrons. The van der Waals surface area contributed by atoms with Gasteiger partial charge in [0, 0.05) is 0 Å². The maximum Gasteiger partial charge on any atom is 0.325 e. The highest BCUT2D eigenvalue weighted by Gasteiger charge is 2.44. The Labute approximate surface area is 149 Å². The lowest BCUT2D eigenvalue weighted by Gasteiger charge is -2.22. The molecule has 0 saturated carbocycles. The summed E-state index contributed by atoms with van der Waals surface area (Å²) in [6, 6.07) is 5.48. The van der Waals surface area contributed by atoms with E-state index in [0.29, 0.717) is 5.75 Å². The average Bonchev–Trinajstić information content (AvgIpc) is 2.67. The molecule has 138 valence electrons. The largest absolute Gasteiger partial charge is 0.491 e. The first-order chi connectivity index (χ1) is 11.4. The molecule has 6 nitrogen and oxygen atoms in total. The van der Waals surface area contributed by atoms with Crippen molar-refractivity contribution >= 4 is 11.9 Å². The zero-order chi connectivity index (χ0) is 19.0. The van der Waals surface area contributed by atoms with E-state index in [-0.39, 0.29) is 24.5 Å². The van der Waals surface area contributed by atoms with Crippen molar-refractivity contribution in [2.75, 3.05) is 13.2 Å². The van der Waals surface area contributed by atoms with Crippen molar-refractivity contribution in [3.05, 3.63) is 29.3 Å². The van der Waals surface area contributed by atoms with Crippen LogP contribution in [0.2, 0.25) is 0 Å². The molecule has 1 aromatic carbocycles. The van der Waals surface area contributed by atoms with Crippen LogP contribution in [0.1, 0.15) is 45.7 Å². The number of imide groups is 1. The molecule has 3 amide bonds. The minimum atomic E-state index is -0.953. The first-order valence-corrected chi connectivity index (χ1v) is 8.48. The van der Waals surface area contributed by atoms with Crippen LogP contribution < -0.4 is 10.1 Å². The molecule has 0 unspecified atom stereocenters. The van der Waals surface area contributed by atoms with E-state index in [4.69, 9.17) is 4.74 Å². The van der Waals surface area contributed by atoms with Gasteiger partial charge in [0.05, 0.1) is 6.54 Å². The van der Waals surface area contributed by atoms with Gasteiger partial charge >= 0.3 is 6.03 Å². The Bertz CT molecular complexity index is 676. The van der Waals surface area contributed by atoms with Crippen molar-refractivity contribution in [2.45, 2.75) is 58.6 Å². The second kappa shape index (κ2) is 6.67. The van der Waals surface area contributed by atoms with Gasteiger partial charge in [-0.05, 0) is 43.4 Å². The third-order valence-corrected chi connectivity index (χ3v) is 4.31. The maximum absolute atomic E-state index is 12.1. The molecular weight excluding hydrogens is 320 g/mol. The summed E-state index contributed by atoms with van der Waals surface area (Å²) in [5.41, 5.74) is 1.31. The summed E-state index contributed by atoms with van der Waals surface area (Å²) in [6.45, 7) is 11.6. The fourth-order valence-corrected chi connectivity index (χ4v) is 2.71. The second-order valence-corrected chi connectivity index (χ2v) is 8.17. The molecule has 1 aliphatic rings. The number of nitrogens with zero attached hydrogens (tertiary/aromatic N) is 1. The highest BCUT2D eigenvalue weighted by Crippen LogP contribution is 2.27. The minimum absolute atomic E-state index is 0.00714. The van der Waals surface area contributed by atoms with Crippen LogP contribution in [0.5, 0.6) is 5.75 Å². The first-order valence-electron chi connectivity index (χ1n) is 8.48. The lowest BCUT2D eigenvalue weighted by Crippen LogP contribution is -2.42. The van der Waals surface area contributed by atoms with Gasteiger partial charge in [0.2, 0.25) is 0 Å². The van der Waals surface area contributed by atoms with Crippen LogP contribution in [0.15, 0.2) is 18.2 Å². The highest BCUT2D eigenvalue weighted by atomic mass is 16.5. The van der Waals surface area contributed by atoms with Gasteiger partial charge in [0.1, 0.15) is 24.0 Å². The standard InChI is InChI=1S/C19H28N2O4/c1-12-9-13(18(2,3)4)7-8-15(12)25-11-14(22)10-21-16(23)19(5,6)20-17(21)24/h7-9,14,22H,10-11H2,1-6H3,(H,20,24)/t14-/m1/s1. The Morgan fingerprint density at radius 3 is 2.40 bits per heavy atom. The Hall–Kier alpha value is -2.08. The Morgan fingerprint density at radius 1 is 1.28 bits per heavy atom. The summed E-state index contributed by atoms with van der Waals surface area (Å²) in [4.78, 5) is 25.0. The molecule has 2 N–H and O–H groups in total. The van der Waals surface area contributed by atoms with E-state index >= 15 is 0 Å². The number of aliphatic hydroxyl groups excluding tert-OH is 1. The summed E-state index contributed by atoms with van der Waals surface area (Å²) in [5, 5.41) is 12.7. The molecule has 1 heterocycles. The van der Waals surface area contributed by atoms with Gasteiger partial charge in [-0.1, -0.05) is 32.9 Å². The average molecular weight is 348 g/mol. The molecular formula is C19H28N2O4. The lowest BCUT2D eigenvalue weighted by molar-refractivity contribution is -0.131. The van der Waals surface area contributed by atoms with Crippen LogP contribution in [-0.2, 0) is 10.2 Å². The maximum atomic E-state index is 12.1. The summed E-state index contributed by atoms with van der Waals surface area (Å²) in [6.07, 6.45) is -0.953. The molecule has 1 saturated heterocycles. The van der Waals surface area contributed by atoms with Crippen LogP contribution in [0, 0.1) is 6.92 Å². The van der Waals surface area contributed by atoms with Crippen LogP contribution in [0.3, 0.4) is 0 Å². The zero-order valence-corrected chi connectivity index (χ0v) is 15.8. The normalized spacial score (nSPS) is 18.3. The number of nitrogens with one attached hydrogen (secondary N) is 1. The number of benzene rings is 1. The fraction of sp³-hybridized carbons (Fsp3) is 0.579. The SMILES string of the molecule is Cc1cc(C(C)(C)C)ccc1OC[C@H](O)CN1C(=O)NC(C)(C)C1=O. The molecule has 1 fully saturated rings. The van der Waals surface area contributed by atoms with Gasteiger partial charge in [-0.15, -0.1) is 0 Å². The number of carbonyl (C=O) groups excluding carboxylic acids is 2. The predicted octanol–water partition coefficient (Wildman–Crippen LogP) is 2.36. The van der Waals surface area contributed by atoms with Crippen molar-refractivity contribution in [1.82, 2.24) is 10.2 Å². The molecule has 1 aromatic rings. The molecule has 1 aliphatic heterocycles. The van der Waals surface area contributed by atoms with Gasteiger partial charge in [-0.25, -0.2) is 4.79 Å². The number of urea groups is 1. The first kappa shape index (κ1) is 19.2. The number of aliphatic hydroxyl groups is 1. The summed E-state index contributed by atoms with van der Waals surface area (Å²) >= 11 is 0. The smallest absolute Gasteiger partial charge is 0.325 e. The van der Waals surface area contributed by atoms with Gasteiger partial charge in [0.15, 0.2) is 0 Å². The van der Waals surface area contributed by atoms with E-state index < -0.39 is 17.7 Å². The Kier molecular flexibility index (Phi) is 5.14. The number of hydrogen-bond acceptors (Lipinski definition) is 4. The van der Waals surface area contributed by atoms with Gasteiger partial charge in [0.25, 0.3) is 5.91 Å². The topological polar surface area (TPSA) is 78.9 Å². The predicted molar refractivity (Wildman–Crippen MR) is 95.7 cm³/mol. The van der Waals surface area contributed by atoms with Gasteiger partial charge in [-0.2, -0.15) is 0 Å². The van der Waals surface area contributed by atoms with E-state index in [1.165, 1.54) is 5.56 Å². The van der Waals surface area contributed by atoms with Crippen molar-refractivity contribution in [3.8, 4) is 5.75 Å². The fourth-order valence-electron chi connectivity index (χ4n) is 2.71. The Balaban J connectivity index is 1.96.